The number of carbonyl (C=O) groups is 1. The molecule has 0 spiro atoms. The van der Waals surface area contributed by atoms with Crippen LogP contribution >= 0.6 is 0 Å². The maximum absolute atomic E-state index is 13.2. The number of nitrogens with zero attached hydrogens (tertiary/aromatic N) is 6. The van der Waals surface area contributed by atoms with Gasteiger partial charge in [0.1, 0.15) is 17.9 Å². The molecule has 30 heavy (non-hydrogen) atoms. The van der Waals surface area contributed by atoms with Gasteiger partial charge in [-0.05, 0) is 42.7 Å². The summed E-state index contributed by atoms with van der Waals surface area (Å²) in [6, 6.07) is 11.7. The van der Waals surface area contributed by atoms with E-state index in [0.717, 1.165) is 48.7 Å². The molecule has 2 aromatic heterocycles. The van der Waals surface area contributed by atoms with Gasteiger partial charge in [0.25, 0.3) is 0 Å². The highest BCUT2D eigenvalue weighted by molar-refractivity contribution is 5.79. The molecule has 8 nitrogen and oxygen atoms in total. The summed E-state index contributed by atoms with van der Waals surface area (Å²) in [4.78, 5) is 17.3. The predicted octanol–water partition coefficient (Wildman–Crippen LogP) is 2.56. The number of hydrogen-bond acceptors (Lipinski definition) is 6. The Balaban J connectivity index is 1.38. The van der Waals surface area contributed by atoms with E-state index in [1.807, 2.05) is 41.3 Å². The molecule has 0 N–H and O–H groups in total. The van der Waals surface area contributed by atoms with Crippen LogP contribution in [0.5, 0.6) is 5.75 Å². The molecule has 1 aliphatic rings. The van der Waals surface area contributed by atoms with Crippen molar-refractivity contribution >= 4 is 17.4 Å². The first-order valence-electron chi connectivity index (χ1n) is 10.1. The lowest BCUT2D eigenvalue weighted by atomic mass is 9.95. The smallest absolute Gasteiger partial charge is 0.226 e. The summed E-state index contributed by atoms with van der Waals surface area (Å²) in [7, 11) is 1.65. The van der Waals surface area contributed by atoms with Crippen LogP contribution in [-0.4, -0.2) is 57.4 Å². The Morgan fingerprint density at radius 2 is 2.00 bits per heavy atom. The molecule has 0 saturated carbocycles. The Kier molecular flexibility index (Phi) is 5.92. The molecule has 8 heteroatoms. The standard InChI is InChI=1S/C22H26N6O2/c1-3-12-27(15-17-4-6-19(30-2)7-5-17)22(29)18-10-13-26(14-11-18)21-9-8-20-24-23-16-28(20)25-21/h3-9,16,18H,1,10-15H2,2H3. The highest BCUT2D eigenvalue weighted by Gasteiger charge is 2.29. The van der Waals surface area contributed by atoms with Crippen molar-refractivity contribution in [3.05, 3.63) is 60.9 Å². The van der Waals surface area contributed by atoms with E-state index < -0.39 is 0 Å². The maximum atomic E-state index is 13.2. The zero-order chi connectivity index (χ0) is 20.9. The molecule has 1 saturated heterocycles. The molecule has 1 aromatic carbocycles. The van der Waals surface area contributed by atoms with Crippen molar-refractivity contribution in [1.82, 2.24) is 24.7 Å². The summed E-state index contributed by atoms with van der Waals surface area (Å²) < 4.78 is 6.89. The third-order valence-electron chi connectivity index (χ3n) is 5.51. The van der Waals surface area contributed by atoms with E-state index in [1.165, 1.54) is 0 Å². The number of hydrogen-bond donors (Lipinski definition) is 0. The Labute approximate surface area is 175 Å². The zero-order valence-electron chi connectivity index (χ0n) is 17.1. The number of carbonyl (C=O) groups excluding carboxylic acids is 1. The maximum Gasteiger partial charge on any atom is 0.226 e. The molecule has 3 heterocycles. The number of benzene rings is 1. The minimum atomic E-state index is 0.0121. The van der Waals surface area contributed by atoms with Crippen molar-refractivity contribution in [2.75, 3.05) is 31.6 Å². The summed E-state index contributed by atoms with van der Waals surface area (Å²) in [6.45, 7) is 6.52. The van der Waals surface area contributed by atoms with Gasteiger partial charge in [-0.1, -0.05) is 18.2 Å². The molecule has 156 valence electrons. The number of aromatic nitrogens is 4. The molecular formula is C22H26N6O2. The Morgan fingerprint density at radius 3 is 2.70 bits per heavy atom. The number of rotatable bonds is 7. The van der Waals surface area contributed by atoms with Crippen LogP contribution in [0.3, 0.4) is 0 Å². The summed E-state index contributed by atoms with van der Waals surface area (Å²) in [5, 5.41) is 12.4. The highest BCUT2D eigenvalue weighted by Crippen LogP contribution is 2.24. The number of ether oxygens (including phenoxy) is 1. The highest BCUT2D eigenvalue weighted by atomic mass is 16.5. The molecule has 0 aliphatic carbocycles. The molecule has 0 atom stereocenters. The van der Waals surface area contributed by atoms with E-state index in [-0.39, 0.29) is 11.8 Å². The first kappa shape index (κ1) is 19.9. The number of amides is 1. The van der Waals surface area contributed by atoms with Crippen LogP contribution in [0.2, 0.25) is 0 Å². The van der Waals surface area contributed by atoms with Crippen LogP contribution in [0.1, 0.15) is 18.4 Å². The van der Waals surface area contributed by atoms with E-state index >= 15 is 0 Å². The van der Waals surface area contributed by atoms with Gasteiger partial charge in [-0.15, -0.1) is 21.9 Å². The lowest BCUT2D eigenvalue weighted by molar-refractivity contribution is -0.136. The number of methoxy groups -OCH3 is 1. The van der Waals surface area contributed by atoms with Crippen molar-refractivity contribution in [2.45, 2.75) is 19.4 Å². The lowest BCUT2D eigenvalue weighted by Gasteiger charge is -2.34. The Bertz CT molecular complexity index is 1010. The minimum Gasteiger partial charge on any atom is -0.497 e. The van der Waals surface area contributed by atoms with Gasteiger partial charge < -0.3 is 14.5 Å². The zero-order valence-corrected chi connectivity index (χ0v) is 17.1. The summed E-state index contributed by atoms with van der Waals surface area (Å²) in [5.41, 5.74) is 1.80. The van der Waals surface area contributed by atoms with Gasteiger partial charge in [0, 0.05) is 32.1 Å². The summed E-state index contributed by atoms with van der Waals surface area (Å²) in [5.74, 6) is 1.89. The predicted molar refractivity (Wildman–Crippen MR) is 114 cm³/mol. The first-order valence-corrected chi connectivity index (χ1v) is 10.1. The number of anilines is 1. The largest absolute Gasteiger partial charge is 0.497 e. The van der Waals surface area contributed by atoms with Crippen LogP contribution < -0.4 is 9.64 Å². The van der Waals surface area contributed by atoms with Crippen molar-refractivity contribution in [1.29, 1.82) is 0 Å². The third kappa shape index (κ3) is 4.27. The monoisotopic (exact) mass is 406 g/mol. The van der Waals surface area contributed by atoms with Crippen molar-refractivity contribution in [3.8, 4) is 5.75 Å². The van der Waals surface area contributed by atoms with Gasteiger partial charge in [0.2, 0.25) is 5.91 Å². The van der Waals surface area contributed by atoms with E-state index in [9.17, 15) is 4.79 Å². The first-order chi connectivity index (χ1) is 14.7. The average molecular weight is 406 g/mol. The fraction of sp³-hybridized carbons (Fsp3) is 0.364. The van der Waals surface area contributed by atoms with Crippen LogP contribution in [0.25, 0.3) is 5.65 Å². The van der Waals surface area contributed by atoms with Gasteiger partial charge in [-0.3, -0.25) is 4.79 Å². The average Bonchev–Trinajstić information content (AvgIpc) is 3.27. The molecular weight excluding hydrogens is 380 g/mol. The van der Waals surface area contributed by atoms with E-state index in [2.05, 4.69) is 26.8 Å². The van der Waals surface area contributed by atoms with Gasteiger partial charge >= 0.3 is 0 Å². The van der Waals surface area contributed by atoms with Crippen LogP contribution in [0.4, 0.5) is 5.82 Å². The number of piperidine rings is 1. The molecule has 4 rings (SSSR count). The fourth-order valence-corrected chi connectivity index (χ4v) is 3.84. The van der Waals surface area contributed by atoms with Crippen LogP contribution in [-0.2, 0) is 11.3 Å². The van der Waals surface area contributed by atoms with Gasteiger partial charge in [-0.2, -0.15) is 4.52 Å². The fourth-order valence-electron chi connectivity index (χ4n) is 3.84. The molecule has 3 aromatic rings. The van der Waals surface area contributed by atoms with Crippen LogP contribution in [0, 0.1) is 5.92 Å². The molecule has 0 bridgehead atoms. The topological polar surface area (TPSA) is 75.9 Å². The normalized spacial score (nSPS) is 14.6. The number of fused-ring (bicyclic) bond motifs is 1. The second kappa shape index (κ2) is 8.94. The molecule has 1 amide bonds. The lowest BCUT2D eigenvalue weighted by Crippen LogP contribution is -2.42. The van der Waals surface area contributed by atoms with Gasteiger partial charge in [0.05, 0.1) is 7.11 Å². The molecule has 0 unspecified atom stereocenters. The third-order valence-corrected chi connectivity index (χ3v) is 5.51. The second-order valence-electron chi connectivity index (χ2n) is 7.44. The van der Waals surface area contributed by atoms with Crippen molar-refractivity contribution in [3.63, 3.8) is 0 Å². The van der Waals surface area contributed by atoms with Gasteiger partial charge in [-0.25, -0.2) is 0 Å². The Hall–Kier alpha value is -3.42. The van der Waals surface area contributed by atoms with Gasteiger partial charge in [0.15, 0.2) is 5.65 Å². The minimum absolute atomic E-state index is 0.0121. The molecule has 1 aliphatic heterocycles. The van der Waals surface area contributed by atoms with Crippen molar-refractivity contribution < 1.29 is 9.53 Å². The van der Waals surface area contributed by atoms with Crippen LogP contribution in [0.15, 0.2) is 55.4 Å². The molecule has 0 radical (unpaired) electrons. The quantitative estimate of drug-likeness (QED) is 0.562. The van der Waals surface area contributed by atoms with E-state index in [0.29, 0.717) is 13.1 Å². The van der Waals surface area contributed by atoms with E-state index in [4.69, 9.17) is 4.74 Å². The summed E-state index contributed by atoms with van der Waals surface area (Å²) in [6.07, 6.45) is 4.99. The Morgan fingerprint density at radius 1 is 1.23 bits per heavy atom. The van der Waals surface area contributed by atoms with E-state index in [1.54, 1.807) is 24.0 Å². The SMILES string of the molecule is C=CCN(Cc1ccc(OC)cc1)C(=O)C1CCN(c2ccc3nncn3n2)CC1. The summed E-state index contributed by atoms with van der Waals surface area (Å²) >= 11 is 0. The second-order valence-corrected chi connectivity index (χ2v) is 7.44. The van der Waals surface area contributed by atoms with Crippen molar-refractivity contribution in [2.24, 2.45) is 5.92 Å². The molecule has 1 fully saturated rings.